The molecule has 0 aromatic rings. The van der Waals surface area contributed by atoms with Crippen molar-refractivity contribution in [3.05, 3.63) is 0 Å². The summed E-state index contributed by atoms with van der Waals surface area (Å²) in [7, 11) is 0. The fourth-order valence-electron chi connectivity index (χ4n) is 1.51. The third-order valence-electron chi connectivity index (χ3n) is 2.36. The van der Waals surface area contributed by atoms with E-state index in [-0.39, 0.29) is 18.0 Å². The zero-order valence-electron chi connectivity index (χ0n) is 9.16. The molecule has 1 saturated heterocycles. The molecule has 0 N–H and O–H groups in total. The summed E-state index contributed by atoms with van der Waals surface area (Å²) in [4.78, 5) is 22.4. The van der Waals surface area contributed by atoms with Crippen molar-refractivity contribution in [1.82, 2.24) is 0 Å². The lowest BCUT2D eigenvalue weighted by molar-refractivity contribution is -0.151. The Morgan fingerprint density at radius 3 is 2.47 bits per heavy atom. The van der Waals surface area contributed by atoms with Crippen LogP contribution in [0, 0.1) is 0 Å². The van der Waals surface area contributed by atoms with Gasteiger partial charge >= 0.3 is 11.9 Å². The molecule has 1 aliphatic heterocycles. The van der Waals surface area contributed by atoms with Gasteiger partial charge in [0.2, 0.25) is 0 Å². The Kier molecular flexibility index (Phi) is 5.15. The van der Waals surface area contributed by atoms with Crippen molar-refractivity contribution < 1.29 is 19.1 Å². The molecule has 1 atom stereocenters. The first kappa shape index (κ1) is 12.0. The van der Waals surface area contributed by atoms with E-state index in [2.05, 4.69) is 0 Å². The first-order valence-electron chi connectivity index (χ1n) is 5.53. The number of cyclic esters (lactones) is 2. The summed E-state index contributed by atoms with van der Waals surface area (Å²) in [6.45, 7) is 2.30. The molecule has 0 aliphatic carbocycles. The van der Waals surface area contributed by atoms with Crippen LogP contribution in [0.5, 0.6) is 0 Å². The molecule has 4 nitrogen and oxygen atoms in total. The Morgan fingerprint density at radius 1 is 1.07 bits per heavy atom. The van der Waals surface area contributed by atoms with Crippen LogP contribution in [0.1, 0.15) is 45.4 Å². The zero-order chi connectivity index (χ0) is 11.1. The van der Waals surface area contributed by atoms with Gasteiger partial charge in [0.25, 0.3) is 0 Å². The molecule has 0 aromatic heterocycles. The van der Waals surface area contributed by atoms with Crippen LogP contribution in [-0.2, 0) is 19.1 Å². The van der Waals surface area contributed by atoms with Gasteiger partial charge in [-0.05, 0) is 32.6 Å². The largest absolute Gasteiger partial charge is 0.466 e. The molecule has 15 heavy (non-hydrogen) atoms. The molecule has 1 unspecified atom stereocenters. The third kappa shape index (κ3) is 5.40. The Bertz CT molecular complexity index is 225. The normalized spacial score (nSPS) is 25.8. The second-order valence-corrected chi connectivity index (χ2v) is 3.87. The molecule has 0 spiro atoms. The molecular weight excluding hydrogens is 196 g/mol. The number of hydrogen-bond donors (Lipinski definition) is 0. The van der Waals surface area contributed by atoms with Crippen LogP contribution < -0.4 is 0 Å². The second-order valence-electron chi connectivity index (χ2n) is 3.87. The molecule has 0 radical (unpaired) electrons. The van der Waals surface area contributed by atoms with E-state index in [0.717, 1.165) is 12.8 Å². The Hall–Kier alpha value is -1.06. The predicted octanol–water partition coefficient (Wildman–Crippen LogP) is 1.82. The predicted molar refractivity (Wildman–Crippen MR) is 54.2 cm³/mol. The third-order valence-corrected chi connectivity index (χ3v) is 2.36. The Morgan fingerprint density at radius 2 is 1.73 bits per heavy atom. The molecule has 0 amide bonds. The number of rotatable bonds is 0. The highest BCUT2D eigenvalue weighted by Crippen LogP contribution is 2.09. The van der Waals surface area contributed by atoms with E-state index in [1.807, 2.05) is 6.92 Å². The van der Waals surface area contributed by atoms with Crippen molar-refractivity contribution in [3.63, 3.8) is 0 Å². The van der Waals surface area contributed by atoms with E-state index < -0.39 is 0 Å². The van der Waals surface area contributed by atoms with Crippen LogP contribution in [0.4, 0.5) is 0 Å². The van der Waals surface area contributed by atoms with Gasteiger partial charge in [-0.2, -0.15) is 0 Å². The maximum atomic E-state index is 11.3. The van der Waals surface area contributed by atoms with E-state index in [1.54, 1.807) is 0 Å². The molecule has 1 aliphatic rings. The highest BCUT2D eigenvalue weighted by molar-refractivity contribution is 5.70. The van der Waals surface area contributed by atoms with Crippen LogP contribution in [-0.4, -0.2) is 24.6 Å². The minimum absolute atomic E-state index is 0.0735. The fourth-order valence-corrected chi connectivity index (χ4v) is 1.51. The zero-order valence-corrected chi connectivity index (χ0v) is 9.16. The van der Waals surface area contributed by atoms with Gasteiger partial charge in [-0.25, -0.2) is 0 Å². The van der Waals surface area contributed by atoms with Gasteiger partial charge in [0, 0.05) is 12.8 Å². The monoisotopic (exact) mass is 214 g/mol. The first-order valence-corrected chi connectivity index (χ1v) is 5.53. The summed E-state index contributed by atoms with van der Waals surface area (Å²) in [5, 5.41) is 0. The van der Waals surface area contributed by atoms with E-state index in [9.17, 15) is 9.59 Å². The summed E-state index contributed by atoms with van der Waals surface area (Å²) in [5.41, 5.74) is 0. The summed E-state index contributed by atoms with van der Waals surface area (Å²) in [5.74, 6) is -0.312. The SMILES string of the molecule is CC1CCCOC(=O)CCCCC(=O)O1. The smallest absolute Gasteiger partial charge is 0.306 e. The van der Waals surface area contributed by atoms with Gasteiger partial charge in [0.1, 0.15) is 0 Å². The summed E-state index contributed by atoms with van der Waals surface area (Å²) >= 11 is 0. The van der Waals surface area contributed by atoms with Gasteiger partial charge < -0.3 is 9.47 Å². The van der Waals surface area contributed by atoms with Crippen LogP contribution in [0.2, 0.25) is 0 Å². The summed E-state index contributed by atoms with van der Waals surface area (Å²) < 4.78 is 10.2. The maximum absolute atomic E-state index is 11.3. The topological polar surface area (TPSA) is 52.6 Å². The minimum atomic E-state index is -0.156. The van der Waals surface area contributed by atoms with Crippen LogP contribution in [0.15, 0.2) is 0 Å². The molecule has 1 rings (SSSR count). The number of carbonyl (C=O) groups is 2. The molecule has 0 bridgehead atoms. The van der Waals surface area contributed by atoms with Crippen molar-refractivity contribution in [1.29, 1.82) is 0 Å². The van der Waals surface area contributed by atoms with Crippen molar-refractivity contribution in [2.45, 2.75) is 51.6 Å². The molecule has 86 valence electrons. The lowest BCUT2D eigenvalue weighted by Gasteiger charge is -2.14. The molecule has 4 heteroatoms. The Labute approximate surface area is 89.9 Å². The number of ether oxygens (including phenoxy) is 2. The van der Waals surface area contributed by atoms with E-state index in [4.69, 9.17) is 9.47 Å². The van der Waals surface area contributed by atoms with Gasteiger partial charge in [0.05, 0.1) is 12.7 Å². The number of esters is 2. The van der Waals surface area contributed by atoms with Gasteiger partial charge in [-0.1, -0.05) is 0 Å². The molecule has 0 saturated carbocycles. The van der Waals surface area contributed by atoms with E-state index in [1.165, 1.54) is 0 Å². The van der Waals surface area contributed by atoms with Crippen LogP contribution in [0.3, 0.4) is 0 Å². The molecule has 1 heterocycles. The lowest BCUT2D eigenvalue weighted by atomic mass is 10.2. The van der Waals surface area contributed by atoms with Crippen LogP contribution >= 0.6 is 0 Å². The minimum Gasteiger partial charge on any atom is -0.466 e. The number of hydrogen-bond acceptors (Lipinski definition) is 4. The van der Waals surface area contributed by atoms with Gasteiger partial charge in [-0.3, -0.25) is 9.59 Å². The first-order chi connectivity index (χ1) is 7.18. The molecule has 0 aromatic carbocycles. The summed E-state index contributed by atoms with van der Waals surface area (Å²) in [6.07, 6.45) is 3.62. The maximum Gasteiger partial charge on any atom is 0.306 e. The molecular formula is C11H18O4. The van der Waals surface area contributed by atoms with Crippen molar-refractivity contribution in [2.75, 3.05) is 6.61 Å². The second kappa shape index (κ2) is 6.43. The quantitative estimate of drug-likeness (QED) is 0.577. The standard InChI is InChI=1S/C11H18O4/c1-9-5-4-8-14-10(12)6-2-3-7-11(13)15-9/h9H,2-8H2,1H3. The fraction of sp³-hybridized carbons (Fsp3) is 0.818. The van der Waals surface area contributed by atoms with E-state index >= 15 is 0 Å². The highest BCUT2D eigenvalue weighted by atomic mass is 16.5. The van der Waals surface area contributed by atoms with Crippen molar-refractivity contribution >= 4 is 11.9 Å². The lowest BCUT2D eigenvalue weighted by Crippen LogP contribution is -2.17. The van der Waals surface area contributed by atoms with Crippen molar-refractivity contribution in [3.8, 4) is 0 Å². The average molecular weight is 214 g/mol. The van der Waals surface area contributed by atoms with E-state index in [0.29, 0.717) is 32.3 Å². The van der Waals surface area contributed by atoms with Gasteiger partial charge in [0.15, 0.2) is 0 Å². The van der Waals surface area contributed by atoms with Crippen molar-refractivity contribution in [2.24, 2.45) is 0 Å². The summed E-state index contributed by atoms with van der Waals surface area (Å²) in [6, 6.07) is 0. The molecule has 1 fully saturated rings. The van der Waals surface area contributed by atoms with Gasteiger partial charge in [-0.15, -0.1) is 0 Å². The highest BCUT2D eigenvalue weighted by Gasteiger charge is 2.12. The Balaban J connectivity index is 2.37. The average Bonchev–Trinajstić information content (AvgIpc) is 2.18. The number of carbonyl (C=O) groups excluding carboxylic acids is 2. The van der Waals surface area contributed by atoms with Crippen LogP contribution in [0.25, 0.3) is 0 Å².